The number of allylic oxidation sites excluding steroid dienone is 1. The van der Waals surface area contributed by atoms with Crippen LogP contribution < -0.4 is 22.1 Å². The lowest BCUT2D eigenvalue weighted by molar-refractivity contribution is 0.0941. The van der Waals surface area contributed by atoms with Crippen molar-refractivity contribution in [3.05, 3.63) is 52.7 Å². The number of amides is 1. The van der Waals surface area contributed by atoms with Gasteiger partial charge in [0.05, 0.1) is 34.8 Å². The first-order valence-corrected chi connectivity index (χ1v) is 9.92. The third-order valence-electron chi connectivity index (χ3n) is 5.01. The highest BCUT2D eigenvalue weighted by Crippen LogP contribution is 2.31. The number of carbonyl (C=O) groups is 1. The van der Waals surface area contributed by atoms with Crippen LogP contribution in [0, 0.1) is 0 Å². The number of hydrogen-bond acceptors (Lipinski definition) is 7. The maximum Gasteiger partial charge on any atom is 0.259 e. The molecule has 1 aliphatic rings. The number of nitrogen functional groups attached to an aromatic ring is 1. The molecule has 1 aliphatic heterocycles. The van der Waals surface area contributed by atoms with E-state index in [1.54, 1.807) is 42.7 Å². The number of rotatable bonds is 5. The van der Waals surface area contributed by atoms with E-state index < -0.39 is 6.04 Å². The molecule has 6 N–H and O–H groups in total. The second-order valence-electron chi connectivity index (χ2n) is 6.97. The van der Waals surface area contributed by atoms with E-state index in [1.165, 1.54) is 6.20 Å². The van der Waals surface area contributed by atoms with Crippen molar-refractivity contribution in [3.63, 3.8) is 0 Å². The summed E-state index contributed by atoms with van der Waals surface area (Å²) in [5.74, 6) is 0.334. The summed E-state index contributed by atoms with van der Waals surface area (Å²) >= 11 is 6.49. The summed E-state index contributed by atoms with van der Waals surface area (Å²) in [6, 6.07) is 1.35. The Labute approximate surface area is 183 Å². The van der Waals surface area contributed by atoms with Gasteiger partial charge < -0.3 is 22.1 Å². The molecule has 0 saturated carbocycles. The van der Waals surface area contributed by atoms with E-state index in [-0.39, 0.29) is 17.3 Å². The summed E-state index contributed by atoms with van der Waals surface area (Å²) in [5, 5.41) is 10.8. The molecule has 4 heterocycles. The molecule has 0 spiro atoms. The molecule has 0 saturated heterocycles. The summed E-state index contributed by atoms with van der Waals surface area (Å²) in [7, 11) is 1.66. The molecule has 3 aromatic rings. The highest BCUT2D eigenvalue weighted by atomic mass is 35.5. The fraction of sp³-hybridized carbons (Fsp3) is 0.200. The number of pyridine rings is 1. The number of hydrogen-bond donors (Lipinski definition) is 4. The first-order chi connectivity index (χ1) is 15.0. The highest BCUT2D eigenvalue weighted by Gasteiger charge is 2.26. The molecule has 1 atom stereocenters. The Balaban J connectivity index is 1.76. The minimum Gasteiger partial charge on any atom is -0.404 e. The maximum atomic E-state index is 13.1. The van der Waals surface area contributed by atoms with E-state index in [0.717, 1.165) is 11.3 Å². The molecule has 11 heteroatoms. The number of nitrogens with two attached hydrogens (primary N) is 2. The van der Waals surface area contributed by atoms with Crippen LogP contribution in [0.4, 0.5) is 11.6 Å². The zero-order chi connectivity index (χ0) is 22.1. The van der Waals surface area contributed by atoms with Crippen LogP contribution in [0.15, 0.2) is 35.9 Å². The molecule has 31 heavy (non-hydrogen) atoms. The largest absolute Gasteiger partial charge is 0.404 e. The van der Waals surface area contributed by atoms with Gasteiger partial charge in [-0.3, -0.25) is 14.2 Å². The van der Waals surface area contributed by atoms with Crippen molar-refractivity contribution in [2.24, 2.45) is 10.7 Å². The number of nitrogens with zero attached hydrogens (tertiary/aromatic N) is 5. The number of aliphatic imine (C=N–C) groups is 1. The van der Waals surface area contributed by atoms with Crippen LogP contribution >= 0.6 is 11.6 Å². The lowest BCUT2D eigenvalue weighted by Crippen LogP contribution is -2.29. The Morgan fingerprint density at radius 2 is 2.29 bits per heavy atom. The van der Waals surface area contributed by atoms with E-state index in [9.17, 15) is 4.79 Å². The molecule has 10 nitrogen and oxygen atoms in total. The van der Waals surface area contributed by atoms with Gasteiger partial charge in [0, 0.05) is 43.3 Å². The van der Waals surface area contributed by atoms with Crippen molar-refractivity contribution in [1.82, 2.24) is 24.5 Å². The molecule has 4 rings (SSSR count). The molecule has 0 aromatic carbocycles. The van der Waals surface area contributed by atoms with Crippen LogP contribution in [-0.2, 0) is 0 Å². The zero-order valence-electron chi connectivity index (χ0n) is 17.0. The second-order valence-corrected chi connectivity index (χ2v) is 7.38. The smallest absolute Gasteiger partial charge is 0.259 e. The van der Waals surface area contributed by atoms with Crippen LogP contribution in [0.3, 0.4) is 0 Å². The number of imidazole rings is 1. The summed E-state index contributed by atoms with van der Waals surface area (Å²) in [6.45, 7) is 2.44. The minimum absolute atomic E-state index is 0.141. The molecule has 0 radical (unpaired) electrons. The van der Waals surface area contributed by atoms with Crippen molar-refractivity contribution < 1.29 is 4.79 Å². The normalized spacial score (nSPS) is 14.6. The number of anilines is 2. The van der Waals surface area contributed by atoms with Crippen LogP contribution in [0.5, 0.6) is 0 Å². The van der Waals surface area contributed by atoms with Crippen molar-refractivity contribution in [2.45, 2.75) is 13.0 Å². The monoisotopic (exact) mass is 439 g/mol. The molecule has 0 aliphatic carbocycles. The average Bonchev–Trinajstić information content (AvgIpc) is 3.36. The molecule has 160 valence electrons. The highest BCUT2D eigenvalue weighted by molar-refractivity contribution is 6.34. The van der Waals surface area contributed by atoms with Crippen molar-refractivity contribution in [2.75, 3.05) is 24.6 Å². The molecule has 3 aromatic heterocycles. The molecule has 0 bridgehead atoms. The van der Waals surface area contributed by atoms with Gasteiger partial charge in [-0.2, -0.15) is 0 Å². The predicted molar refractivity (Wildman–Crippen MR) is 123 cm³/mol. The maximum absolute atomic E-state index is 13.1. The van der Waals surface area contributed by atoms with Gasteiger partial charge in [0.15, 0.2) is 5.82 Å². The predicted octanol–water partition coefficient (Wildman–Crippen LogP) is 2.15. The SMILES string of the molecule is CN=CC(=CN)c1c(C(C)NC(=O)c2c(N)nn3c2NCC=C3)cc(Cl)c2cncn12. The van der Waals surface area contributed by atoms with Gasteiger partial charge in [0.25, 0.3) is 5.91 Å². The minimum atomic E-state index is -0.443. The van der Waals surface area contributed by atoms with Gasteiger partial charge in [0.1, 0.15) is 11.4 Å². The quantitative estimate of drug-likeness (QED) is 0.449. The fourth-order valence-electron chi connectivity index (χ4n) is 3.63. The third-order valence-corrected chi connectivity index (χ3v) is 5.32. The Hall–Kier alpha value is -3.79. The fourth-order valence-corrected chi connectivity index (χ4v) is 3.89. The standard InChI is InChI=1S/C20H22ClN9O/c1-11(27-20(31)16-18(23)28-30-5-3-4-26-19(16)30)13-6-14(21)15-9-25-10-29(15)17(13)12(7-22)8-24-2/h3,5-11,26H,4,22H2,1-2H3,(H2,23,28)(H,27,31). The van der Waals surface area contributed by atoms with Crippen molar-refractivity contribution >= 4 is 52.6 Å². The molecule has 1 unspecified atom stereocenters. The van der Waals surface area contributed by atoms with Gasteiger partial charge in [0.2, 0.25) is 0 Å². The van der Waals surface area contributed by atoms with Crippen LogP contribution in [0.1, 0.15) is 34.6 Å². The Bertz CT molecular complexity index is 1250. The third kappa shape index (κ3) is 3.50. The number of halogens is 1. The van der Waals surface area contributed by atoms with Gasteiger partial charge in [-0.15, -0.1) is 5.10 Å². The summed E-state index contributed by atoms with van der Waals surface area (Å²) in [4.78, 5) is 21.4. The first-order valence-electron chi connectivity index (χ1n) is 9.54. The number of fused-ring (bicyclic) bond motifs is 2. The van der Waals surface area contributed by atoms with E-state index in [4.69, 9.17) is 23.1 Å². The summed E-state index contributed by atoms with van der Waals surface area (Å²) in [5.41, 5.74) is 15.0. The van der Waals surface area contributed by atoms with E-state index in [0.29, 0.717) is 28.5 Å². The van der Waals surface area contributed by atoms with Crippen LogP contribution in [-0.4, -0.2) is 44.9 Å². The van der Waals surface area contributed by atoms with Gasteiger partial charge in [-0.05, 0) is 19.1 Å². The number of nitrogens with one attached hydrogen (secondary N) is 2. The molecule has 1 amide bonds. The summed E-state index contributed by atoms with van der Waals surface area (Å²) in [6.07, 6.45) is 10.0. The Morgan fingerprint density at radius 3 is 3.03 bits per heavy atom. The molecular weight excluding hydrogens is 418 g/mol. The van der Waals surface area contributed by atoms with Crippen molar-refractivity contribution in [1.29, 1.82) is 0 Å². The van der Waals surface area contributed by atoms with E-state index >= 15 is 0 Å². The number of carbonyl (C=O) groups excluding carboxylic acids is 1. The van der Waals surface area contributed by atoms with E-state index in [2.05, 4.69) is 25.7 Å². The summed E-state index contributed by atoms with van der Waals surface area (Å²) < 4.78 is 3.37. The molecular formula is C20H22ClN9O. The second kappa shape index (κ2) is 8.15. The van der Waals surface area contributed by atoms with Gasteiger partial charge >= 0.3 is 0 Å². The Kier molecular flexibility index (Phi) is 5.38. The van der Waals surface area contributed by atoms with E-state index in [1.807, 2.05) is 17.4 Å². The lowest BCUT2D eigenvalue weighted by Gasteiger charge is -2.21. The Morgan fingerprint density at radius 1 is 1.48 bits per heavy atom. The van der Waals surface area contributed by atoms with Gasteiger partial charge in [-0.1, -0.05) is 11.6 Å². The number of aromatic nitrogens is 4. The van der Waals surface area contributed by atoms with Crippen LogP contribution in [0.25, 0.3) is 17.3 Å². The average molecular weight is 440 g/mol. The first kappa shape index (κ1) is 20.5. The lowest BCUT2D eigenvalue weighted by atomic mass is 10.0. The van der Waals surface area contributed by atoms with Crippen molar-refractivity contribution in [3.8, 4) is 0 Å². The zero-order valence-corrected chi connectivity index (χ0v) is 17.8. The topological polar surface area (TPSA) is 141 Å². The molecule has 0 fully saturated rings. The van der Waals surface area contributed by atoms with Gasteiger partial charge in [-0.25, -0.2) is 9.67 Å². The van der Waals surface area contributed by atoms with Crippen LogP contribution in [0.2, 0.25) is 5.02 Å².